The number of benzene rings is 2. The van der Waals surface area contributed by atoms with Crippen molar-refractivity contribution < 1.29 is 29.4 Å². The molecule has 3 fully saturated rings. The largest absolute Gasteiger partial charge is 0.481 e. The molecule has 334 valence electrons. The lowest BCUT2D eigenvalue weighted by molar-refractivity contribution is -0.148. The molecule has 4 aromatic rings. The molecular weight excluding hydrogens is 843 g/mol. The number of carbonyl (C=O) groups excluding carboxylic acids is 2. The first-order valence-electron chi connectivity index (χ1n) is 22.4. The summed E-state index contributed by atoms with van der Waals surface area (Å²) in [7, 11) is 3.73. The van der Waals surface area contributed by atoms with Gasteiger partial charge >= 0.3 is 11.9 Å². The third-order valence-electron chi connectivity index (χ3n) is 15.3. The van der Waals surface area contributed by atoms with E-state index < -0.39 is 17.4 Å². The SMILES string of the molecule is Cn1c(C(=O)Nc2cccc(-c3cccc(NC(=O)c4nc5c(n4C)CCN(CCC46CCC(C(=O)O)(CC4)C6)C5)c3Cl)c2Cl)nc2c1CCN(CCC1CCC(C(=O)O)CC1)C2. The second-order valence-corrected chi connectivity index (χ2v) is 19.7. The number of anilines is 2. The molecular formula is C47H56Cl2N8O6. The number of hydrogen-bond acceptors (Lipinski definition) is 8. The molecule has 2 aromatic heterocycles. The van der Waals surface area contributed by atoms with Gasteiger partial charge in [-0.05, 0) is 107 Å². The van der Waals surface area contributed by atoms with Crippen molar-refractivity contribution in [3.05, 3.63) is 80.9 Å². The summed E-state index contributed by atoms with van der Waals surface area (Å²) in [5.41, 5.74) is 5.41. The Bertz CT molecular complexity index is 2460. The fourth-order valence-corrected chi connectivity index (χ4v) is 11.9. The zero-order chi connectivity index (χ0) is 44.2. The number of fused-ring (bicyclic) bond motifs is 4. The molecule has 5 aliphatic rings. The first-order valence-corrected chi connectivity index (χ1v) is 23.2. The maximum atomic E-state index is 13.8. The normalized spacial score (nSPS) is 24.5. The van der Waals surface area contributed by atoms with Crippen molar-refractivity contribution in [1.82, 2.24) is 28.9 Å². The fourth-order valence-electron chi connectivity index (χ4n) is 11.4. The maximum Gasteiger partial charge on any atom is 0.309 e. The second-order valence-electron chi connectivity index (χ2n) is 18.9. The Kier molecular flexibility index (Phi) is 12.0. The highest BCUT2D eigenvalue weighted by atomic mass is 35.5. The van der Waals surface area contributed by atoms with Crippen molar-refractivity contribution in [2.75, 3.05) is 36.8 Å². The van der Waals surface area contributed by atoms with Crippen LogP contribution in [-0.2, 0) is 49.6 Å². The summed E-state index contributed by atoms with van der Waals surface area (Å²) >= 11 is 14.0. The molecule has 4 N–H and O–H groups in total. The van der Waals surface area contributed by atoms with Gasteiger partial charge in [-0.2, -0.15) is 0 Å². The Labute approximate surface area is 377 Å². The summed E-state index contributed by atoms with van der Waals surface area (Å²) in [5, 5.41) is 25.7. The van der Waals surface area contributed by atoms with E-state index in [9.17, 15) is 29.4 Å². The minimum atomic E-state index is -0.676. The number of carboxylic acid groups (broad SMARTS) is 2. The first-order chi connectivity index (χ1) is 30.2. The predicted octanol–water partition coefficient (Wildman–Crippen LogP) is 8.05. The summed E-state index contributed by atoms with van der Waals surface area (Å²) < 4.78 is 3.73. The van der Waals surface area contributed by atoms with Gasteiger partial charge in [0.15, 0.2) is 11.6 Å². The average molecular weight is 900 g/mol. The van der Waals surface area contributed by atoms with Crippen LogP contribution in [0.4, 0.5) is 11.4 Å². The molecule has 2 aliphatic heterocycles. The zero-order valence-electron chi connectivity index (χ0n) is 36.0. The minimum Gasteiger partial charge on any atom is -0.481 e. The molecule has 2 aromatic carbocycles. The van der Waals surface area contributed by atoms with Gasteiger partial charge in [0.2, 0.25) is 0 Å². The molecule has 2 amide bonds. The van der Waals surface area contributed by atoms with Crippen LogP contribution in [0.25, 0.3) is 11.1 Å². The molecule has 4 heterocycles. The zero-order valence-corrected chi connectivity index (χ0v) is 37.5. The Morgan fingerprint density at radius 2 is 1.24 bits per heavy atom. The Morgan fingerprint density at radius 3 is 1.71 bits per heavy atom. The third-order valence-corrected chi connectivity index (χ3v) is 16.1. The first kappa shape index (κ1) is 43.5. The Hall–Kier alpha value is -4.76. The molecule has 63 heavy (non-hydrogen) atoms. The lowest BCUT2D eigenvalue weighted by Crippen LogP contribution is -2.34. The highest BCUT2D eigenvalue weighted by Crippen LogP contribution is 2.63. The molecule has 3 aliphatic carbocycles. The van der Waals surface area contributed by atoms with Gasteiger partial charge in [-0.1, -0.05) is 47.5 Å². The number of nitrogens with one attached hydrogen (secondary N) is 2. The van der Waals surface area contributed by atoms with Gasteiger partial charge < -0.3 is 30.0 Å². The number of rotatable bonds is 13. The van der Waals surface area contributed by atoms with Crippen molar-refractivity contribution in [3.8, 4) is 11.1 Å². The lowest BCUT2D eigenvalue weighted by atomic mass is 9.80. The highest BCUT2D eigenvalue weighted by molar-refractivity contribution is 6.40. The number of aromatic nitrogens is 4. The fraction of sp³-hybridized carbons (Fsp3) is 0.532. The summed E-state index contributed by atoms with van der Waals surface area (Å²) in [6.07, 6.45) is 11.3. The Balaban J connectivity index is 0.826. The van der Waals surface area contributed by atoms with Crippen LogP contribution in [0.2, 0.25) is 10.0 Å². The average Bonchev–Trinajstić information content (AvgIpc) is 4.04. The van der Waals surface area contributed by atoms with Crippen LogP contribution in [0.3, 0.4) is 0 Å². The van der Waals surface area contributed by atoms with E-state index in [4.69, 9.17) is 33.2 Å². The van der Waals surface area contributed by atoms with E-state index >= 15 is 0 Å². The number of imidazole rings is 2. The van der Waals surface area contributed by atoms with Crippen LogP contribution in [0.5, 0.6) is 0 Å². The van der Waals surface area contributed by atoms with Gasteiger partial charge in [-0.25, -0.2) is 9.97 Å². The number of hydrogen-bond donors (Lipinski definition) is 4. The Morgan fingerprint density at radius 1 is 0.730 bits per heavy atom. The van der Waals surface area contributed by atoms with E-state index in [1.165, 1.54) is 0 Å². The smallest absolute Gasteiger partial charge is 0.309 e. The number of halogens is 2. The van der Waals surface area contributed by atoms with Gasteiger partial charge in [0.25, 0.3) is 11.8 Å². The van der Waals surface area contributed by atoms with Crippen LogP contribution in [0.15, 0.2) is 36.4 Å². The summed E-state index contributed by atoms with van der Waals surface area (Å²) in [6, 6.07) is 10.7. The van der Waals surface area contributed by atoms with Crippen LogP contribution >= 0.6 is 23.2 Å². The van der Waals surface area contributed by atoms with Gasteiger partial charge in [0, 0.05) is 75.6 Å². The summed E-state index contributed by atoms with van der Waals surface area (Å²) in [6.45, 7) is 4.82. The van der Waals surface area contributed by atoms with Crippen LogP contribution < -0.4 is 10.6 Å². The summed E-state index contributed by atoms with van der Waals surface area (Å²) in [4.78, 5) is 65.3. The quantitative estimate of drug-likeness (QED) is 0.103. The van der Waals surface area contributed by atoms with Crippen molar-refractivity contribution in [2.24, 2.45) is 36.8 Å². The molecule has 0 atom stereocenters. The molecule has 0 spiro atoms. The molecule has 3 saturated carbocycles. The standard InChI is InChI=1S/C47H56Cl2N8O6/c1-54-36-14-22-56(21-13-28-9-11-29(12-10-28)44(60)61)25-34(36)50-40(54)42(58)52-32-7-3-5-30(38(32)48)31-6-4-8-33(39(31)49)53-43(59)41-51-35-26-57(23-15-37(35)55(41)2)24-20-46-16-18-47(27-46,19-17-46)45(62)63/h3-8,28-29H,9-27H2,1-2H3,(H,52,58)(H,53,59)(H,60,61)(H,62,63). The van der Waals surface area contributed by atoms with Gasteiger partial charge in [0.05, 0.1) is 44.1 Å². The summed E-state index contributed by atoms with van der Waals surface area (Å²) in [5.74, 6) is -1.14. The van der Waals surface area contributed by atoms with E-state index in [0.29, 0.717) is 63.2 Å². The molecule has 9 rings (SSSR count). The van der Waals surface area contributed by atoms with Crippen LogP contribution in [0, 0.1) is 22.7 Å². The van der Waals surface area contributed by atoms with Crippen LogP contribution in [-0.4, -0.2) is 89.0 Å². The number of amides is 2. The van der Waals surface area contributed by atoms with Gasteiger partial charge in [-0.3, -0.25) is 29.0 Å². The molecule has 0 radical (unpaired) electrons. The predicted molar refractivity (Wildman–Crippen MR) is 240 cm³/mol. The molecule has 0 saturated heterocycles. The molecule has 2 bridgehead atoms. The second kappa shape index (κ2) is 17.3. The van der Waals surface area contributed by atoms with Gasteiger partial charge in [0.1, 0.15) is 0 Å². The maximum absolute atomic E-state index is 13.8. The van der Waals surface area contributed by atoms with Crippen molar-refractivity contribution in [3.63, 3.8) is 0 Å². The number of carbonyl (C=O) groups is 4. The van der Waals surface area contributed by atoms with E-state index in [-0.39, 0.29) is 23.1 Å². The van der Waals surface area contributed by atoms with E-state index in [1.54, 1.807) is 24.3 Å². The minimum absolute atomic E-state index is 0.124. The highest BCUT2D eigenvalue weighted by Gasteiger charge is 2.57. The van der Waals surface area contributed by atoms with Gasteiger partial charge in [-0.15, -0.1) is 0 Å². The van der Waals surface area contributed by atoms with Crippen molar-refractivity contribution in [2.45, 2.75) is 96.6 Å². The third kappa shape index (κ3) is 8.40. The topological polar surface area (TPSA) is 175 Å². The monoisotopic (exact) mass is 898 g/mol. The van der Waals surface area contributed by atoms with E-state index in [0.717, 1.165) is 132 Å². The molecule has 0 unspecified atom stereocenters. The lowest BCUT2D eigenvalue weighted by Gasteiger charge is -2.32. The number of nitrogens with zero attached hydrogens (tertiary/aromatic N) is 6. The molecule has 16 heteroatoms. The number of aliphatic carboxylic acids is 2. The van der Waals surface area contributed by atoms with E-state index in [2.05, 4.69) is 20.4 Å². The van der Waals surface area contributed by atoms with Crippen LogP contribution in [0.1, 0.15) is 115 Å². The van der Waals surface area contributed by atoms with Crippen molar-refractivity contribution >= 4 is 58.3 Å². The number of carboxylic acids is 2. The molecule has 14 nitrogen and oxygen atoms in total. The van der Waals surface area contributed by atoms with Crippen molar-refractivity contribution in [1.29, 1.82) is 0 Å². The van der Waals surface area contributed by atoms with E-state index in [1.807, 2.05) is 35.4 Å².